The van der Waals surface area contributed by atoms with Gasteiger partial charge in [-0.15, -0.1) is 0 Å². The van der Waals surface area contributed by atoms with E-state index in [4.69, 9.17) is 16.3 Å². The molecule has 0 fully saturated rings. The van der Waals surface area contributed by atoms with Crippen LogP contribution in [0.15, 0.2) is 47.2 Å². The highest BCUT2D eigenvalue weighted by Gasteiger charge is 2.18. The number of amides is 1. The van der Waals surface area contributed by atoms with Crippen LogP contribution >= 0.6 is 27.5 Å². The van der Waals surface area contributed by atoms with Crippen molar-refractivity contribution in [3.8, 4) is 5.75 Å². The highest BCUT2D eigenvalue weighted by atomic mass is 79.9. The van der Waals surface area contributed by atoms with Crippen molar-refractivity contribution in [3.63, 3.8) is 0 Å². The number of nitrogens with zero attached hydrogens (tertiary/aromatic N) is 1. The highest BCUT2D eigenvalue weighted by molar-refractivity contribution is 9.10. The summed E-state index contributed by atoms with van der Waals surface area (Å²) in [5.41, 5.74) is 0.984. The molecule has 2 atom stereocenters. The van der Waals surface area contributed by atoms with E-state index >= 15 is 0 Å². The van der Waals surface area contributed by atoms with Gasteiger partial charge in [0.25, 0.3) is 5.91 Å². The van der Waals surface area contributed by atoms with Crippen LogP contribution in [0.2, 0.25) is 5.02 Å². The van der Waals surface area contributed by atoms with Gasteiger partial charge in [-0.1, -0.05) is 27.5 Å². The quantitative estimate of drug-likeness (QED) is 0.844. The SMILES string of the molecule is C[C@H](NC(=O)[C@@H](C)Oc1ccc(Br)cc1Cl)c1ccncc1. The molecule has 0 aliphatic heterocycles. The van der Waals surface area contributed by atoms with Crippen molar-refractivity contribution >= 4 is 33.4 Å². The van der Waals surface area contributed by atoms with Crippen molar-refractivity contribution < 1.29 is 9.53 Å². The van der Waals surface area contributed by atoms with Gasteiger partial charge in [0.15, 0.2) is 6.10 Å². The van der Waals surface area contributed by atoms with Gasteiger partial charge in [-0.3, -0.25) is 9.78 Å². The molecule has 0 aliphatic rings. The van der Waals surface area contributed by atoms with E-state index in [1.165, 1.54) is 0 Å². The van der Waals surface area contributed by atoms with E-state index in [-0.39, 0.29) is 11.9 Å². The molecule has 6 heteroatoms. The summed E-state index contributed by atoms with van der Waals surface area (Å²) in [4.78, 5) is 16.2. The Morgan fingerprint density at radius 3 is 2.59 bits per heavy atom. The zero-order chi connectivity index (χ0) is 16.1. The van der Waals surface area contributed by atoms with E-state index < -0.39 is 6.10 Å². The van der Waals surface area contributed by atoms with Crippen molar-refractivity contribution in [3.05, 3.63) is 57.8 Å². The van der Waals surface area contributed by atoms with Gasteiger partial charge in [0, 0.05) is 16.9 Å². The van der Waals surface area contributed by atoms with Crippen LogP contribution in [0.5, 0.6) is 5.75 Å². The Labute approximate surface area is 143 Å². The minimum atomic E-state index is -0.650. The molecule has 1 N–H and O–H groups in total. The Morgan fingerprint density at radius 1 is 1.27 bits per heavy atom. The maximum Gasteiger partial charge on any atom is 0.261 e. The van der Waals surface area contributed by atoms with Crippen LogP contribution in [-0.2, 0) is 4.79 Å². The van der Waals surface area contributed by atoms with Gasteiger partial charge in [0.2, 0.25) is 0 Å². The second-order valence-electron chi connectivity index (χ2n) is 4.85. The van der Waals surface area contributed by atoms with Crippen molar-refractivity contribution in [2.24, 2.45) is 0 Å². The molecule has 22 heavy (non-hydrogen) atoms. The van der Waals surface area contributed by atoms with Crippen LogP contribution in [0.4, 0.5) is 0 Å². The second kappa shape index (κ2) is 7.61. The van der Waals surface area contributed by atoms with Crippen LogP contribution in [0.3, 0.4) is 0 Å². The van der Waals surface area contributed by atoms with Gasteiger partial charge in [-0.05, 0) is 49.7 Å². The number of benzene rings is 1. The highest BCUT2D eigenvalue weighted by Crippen LogP contribution is 2.28. The summed E-state index contributed by atoms with van der Waals surface area (Å²) in [5.74, 6) is 0.271. The Hall–Kier alpha value is -1.59. The summed E-state index contributed by atoms with van der Waals surface area (Å²) < 4.78 is 6.48. The smallest absolute Gasteiger partial charge is 0.261 e. The number of hydrogen-bond donors (Lipinski definition) is 1. The number of carbonyl (C=O) groups excluding carboxylic acids is 1. The third-order valence-electron chi connectivity index (χ3n) is 3.13. The molecule has 116 valence electrons. The molecule has 1 aromatic carbocycles. The third kappa shape index (κ3) is 4.45. The first-order valence-corrected chi connectivity index (χ1v) is 7.96. The van der Waals surface area contributed by atoms with Gasteiger partial charge in [0.05, 0.1) is 11.1 Å². The summed E-state index contributed by atoms with van der Waals surface area (Å²) >= 11 is 9.41. The molecular weight excluding hydrogens is 368 g/mol. The van der Waals surface area contributed by atoms with E-state index in [0.29, 0.717) is 10.8 Å². The van der Waals surface area contributed by atoms with Crippen LogP contribution in [0.25, 0.3) is 0 Å². The van der Waals surface area contributed by atoms with Gasteiger partial charge in [0.1, 0.15) is 5.75 Å². The fourth-order valence-electron chi connectivity index (χ4n) is 1.88. The maximum atomic E-state index is 12.2. The summed E-state index contributed by atoms with van der Waals surface area (Å²) in [5, 5.41) is 3.36. The standard InChI is InChI=1S/C16H16BrClN2O2/c1-10(12-5-7-19-8-6-12)20-16(21)11(2)22-15-4-3-13(17)9-14(15)18/h3-11H,1-2H3,(H,20,21)/t10-,11+/m0/s1. The van der Waals surface area contributed by atoms with E-state index in [1.54, 1.807) is 31.5 Å². The predicted molar refractivity (Wildman–Crippen MR) is 90.0 cm³/mol. The Bertz CT molecular complexity index is 652. The number of hydrogen-bond acceptors (Lipinski definition) is 3. The summed E-state index contributed by atoms with van der Waals surface area (Å²) in [7, 11) is 0. The molecule has 0 saturated heterocycles. The zero-order valence-corrected chi connectivity index (χ0v) is 14.6. The average Bonchev–Trinajstić information content (AvgIpc) is 2.50. The van der Waals surface area contributed by atoms with Crippen LogP contribution in [0.1, 0.15) is 25.5 Å². The molecule has 1 aromatic heterocycles. The number of nitrogens with one attached hydrogen (secondary N) is 1. The number of carbonyl (C=O) groups is 1. The van der Waals surface area contributed by atoms with Crippen molar-refractivity contribution in [2.75, 3.05) is 0 Å². The first-order valence-electron chi connectivity index (χ1n) is 6.79. The lowest BCUT2D eigenvalue weighted by Gasteiger charge is -2.19. The lowest BCUT2D eigenvalue weighted by atomic mass is 10.1. The number of rotatable bonds is 5. The molecule has 2 rings (SSSR count). The number of halogens is 2. The monoisotopic (exact) mass is 382 g/mol. The predicted octanol–water partition coefficient (Wildman–Crippen LogP) is 4.14. The zero-order valence-electron chi connectivity index (χ0n) is 12.2. The molecule has 0 bridgehead atoms. The Balaban J connectivity index is 1.97. The lowest BCUT2D eigenvalue weighted by molar-refractivity contribution is -0.127. The molecule has 1 heterocycles. The minimum absolute atomic E-state index is 0.123. The van der Waals surface area contributed by atoms with Crippen molar-refractivity contribution in [1.29, 1.82) is 0 Å². The number of pyridine rings is 1. The fourth-order valence-corrected chi connectivity index (χ4v) is 2.60. The van der Waals surface area contributed by atoms with E-state index in [2.05, 4.69) is 26.2 Å². The molecule has 0 saturated carbocycles. The van der Waals surface area contributed by atoms with Crippen LogP contribution in [0, 0.1) is 0 Å². The fraction of sp³-hybridized carbons (Fsp3) is 0.250. The van der Waals surface area contributed by atoms with Crippen molar-refractivity contribution in [2.45, 2.75) is 26.0 Å². The molecule has 0 unspecified atom stereocenters. The molecule has 2 aromatic rings. The third-order valence-corrected chi connectivity index (χ3v) is 3.92. The molecule has 0 aliphatic carbocycles. The first kappa shape index (κ1) is 16.8. The molecule has 0 radical (unpaired) electrons. The van der Waals surface area contributed by atoms with E-state index in [9.17, 15) is 4.79 Å². The van der Waals surface area contributed by atoms with E-state index in [1.807, 2.05) is 25.1 Å². The Morgan fingerprint density at radius 2 is 1.95 bits per heavy atom. The van der Waals surface area contributed by atoms with Crippen molar-refractivity contribution in [1.82, 2.24) is 10.3 Å². The van der Waals surface area contributed by atoms with Crippen LogP contribution < -0.4 is 10.1 Å². The van der Waals surface area contributed by atoms with Gasteiger partial charge >= 0.3 is 0 Å². The largest absolute Gasteiger partial charge is 0.479 e. The number of ether oxygens (including phenoxy) is 1. The molecule has 1 amide bonds. The van der Waals surface area contributed by atoms with Gasteiger partial charge in [-0.2, -0.15) is 0 Å². The first-order chi connectivity index (χ1) is 10.5. The molecular formula is C16H16BrClN2O2. The number of aromatic nitrogens is 1. The molecule has 4 nitrogen and oxygen atoms in total. The van der Waals surface area contributed by atoms with Gasteiger partial charge < -0.3 is 10.1 Å². The minimum Gasteiger partial charge on any atom is -0.479 e. The topological polar surface area (TPSA) is 51.2 Å². The van der Waals surface area contributed by atoms with Gasteiger partial charge in [-0.25, -0.2) is 0 Å². The van der Waals surface area contributed by atoms with E-state index in [0.717, 1.165) is 10.0 Å². The summed E-state index contributed by atoms with van der Waals surface area (Å²) in [6.45, 7) is 3.60. The van der Waals surface area contributed by atoms with Crippen LogP contribution in [-0.4, -0.2) is 17.0 Å². The normalized spacial score (nSPS) is 13.3. The summed E-state index contributed by atoms with van der Waals surface area (Å²) in [6, 6.07) is 8.86. The lowest BCUT2D eigenvalue weighted by Crippen LogP contribution is -2.37. The second-order valence-corrected chi connectivity index (χ2v) is 6.17. The maximum absolute atomic E-state index is 12.2. The summed E-state index contributed by atoms with van der Waals surface area (Å²) in [6.07, 6.45) is 2.74. The molecule has 0 spiro atoms. The average molecular weight is 384 g/mol. The Kier molecular flexibility index (Phi) is 5.80.